The number of para-hydroxylation sites is 1. The van der Waals surface area contributed by atoms with Crippen molar-refractivity contribution in [2.75, 3.05) is 18.5 Å². The van der Waals surface area contributed by atoms with E-state index in [9.17, 15) is 19.7 Å². The first-order chi connectivity index (χ1) is 14.3. The molecular weight excluding hydrogens is 439 g/mol. The minimum atomic E-state index is -2.11. The fraction of sp³-hybridized carbons (Fsp3) is 0.263. The molecule has 1 unspecified atom stereocenters. The molecular formula is C19H18Cl2N2O7. The third-order valence-corrected chi connectivity index (χ3v) is 4.38. The monoisotopic (exact) mass is 456 g/mol. The minimum Gasteiger partial charge on any atom is -0.461 e. The molecule has 0 saturated heterocycles. The van der Waals surface area contributed by atoms with Gasteiger partial charge in [0.1, 0.15) is 0 Å². The van der Waals surface area contributed by atoms with Crippen molar-refractivity contribution in [3.63, 3.8) is 0 Å². The Morgan fingerprint density at radius 1 is 1.07 bits per heavy atom. The number of benzene rings is 2. The molecule has 0 radical (unpaired) electrons. The molecule has 0 heterocycles. The summed E-state index contributed by atoms with van der Waals surface area (Å²) in [5, 5.41) is 12.4. The molecule has 1 atom stereocenters. The Bertz CT molecular complexity index is 891. The van der Waals surface area contributed by atoms with E-state index < -0.39 is 22.8 Å². The van der Waals surface area contributed by atoms with Crippen molar-refractivity contribution in [3.8, 4) is 0 Å². The fourth-order valence-electron chi connectivity index (χ4n) is 2.51. The number of nitrogens with zero attached hydrogens (tertiary/aromatic N) is 1. The summed E-state index contributed by atoms with van der Waals surface area (Å²) in [6.07, 6.45) is 0.0461. The van der Waals surface area contributed by atoms with Crippen molar-refractivity contribution >= 4 is 40.8 Å². The van der Waals surface area contributed by atoms with E-state index in [0.717, 1.165) is 6.92 Å². The Morgan fingerprint density at radius 3 is 2.27 bits per heavy atom. The summed E-state index contributed by atoms with van der Waals surface area (Å²) in [7, 11) is 0. The maximum Gasteiger partial charge on any atom is 0.377 e. The lowest BCUT2D eigenvalue weighted by atomic mass is 10.0. The second kappa shape index (κ2) is 10.7. The van der Waals surface area contributed by atoms with E-state index >= 15 is 0 Å². The number of hydrogen-bond donors (Lipinski definition) is 1. The van der Waals surface area contributed by atoms with Gasteiger partial charge in [-0.3, -0.25) is 4.79 Å². The first kappa shape index (κ1) is 23.2. The molecule has 0 bridgehead atoms. The van der Waals surface area contributed by atoms with E-state index in [2.05, 4.69) is 10.2 Å². The number of carbonyl (C=O) groups excluding carboxylic acids is 2. The van der Waals surface area contributed by atoms with Crippen LogP contribution in [0, 0.1) is 10.1 Å². The van der Waals surface area contributed by atoms with Crippen LogP contribution in [0.3, 0.4) is 0 Å². The van der Waals surface area contributed by atoms with Gasteiger partial charge < -0.3 is 19.6 Å². The Morgan fingerprint density at radius 2 is 1.70 bits per heavy atom. The number of esters is 2. The first-order valence-electron chi connectivity index (χ1n) is 8.68. The predicted octanol–water partition coefficient (Wildman–Crippen LogP) is 3.96. The third-order valence-electron chi connectivity index (χ3n) is 3.75. The van der Waals surface area contributed by atoms with Crippen molar-refractivity contribution in [2.24, 2.45) is 0 Å². The van der Waals surface area contributed by atoms with Crippen molar-refractivity contribution in [1.82, 2.24) is 0 Å². The molecule has 9 nitrogen and oxygen atoms in total. The van der Waals surface area contributed by atoms with Crippen LogP contribution in [0.2, 0.25) is 10.0 Å². The summed E-state index contributed by atoms with van der Waals surface area (Å²) < 4.78 is 10.6. The summed E-state index contributed by atoms with van der Waals surface area (Å²) in [6, 6.07) is 12.8. The van der Waals surface area contributed by atoms with Crippen molar-refractivity contribution in [3.05, 3.63) is 74.3 Å². The predicted molar refractivity (Wildman–Crippen MR) is 108 cm³/mol. The molecule has 11 heteroatoms. The second-order valence-electron chi connectivity index (χ2n) is 5.91. The van der Waals surface area contributed by atoms with Gasteiger partial charge in [0.05, 0.1) is 28.9 Å². The summed E-state index contributed by atoms with van der Waals surface area (Å²) in [6.45, 7) is 0.641. The molecule has 0 aliphatic rings. The summed E-state index contributed by atoms with van der Waals surface area (Å²) >= 11 is 12.4. The third kappa shape index (κ3) is 5.98. The van der Waals surface area contributed by atoms with Crippen LogP contribution in [0.15, 0.2) is 48.5 Å². The minimum absolute atomic E-state index is 0.0461. The van der Waals surface area contributed by atoms with Gasteiger partial charge in [-0.1, -0.05) is 59.6 Å². The van der Waals surface area contributed by atoms with Crippen LogP contribution in [0.25, 0.3) is 0 Å². The van der Waals surface area contributed by atoms with Gasteiger partial charge in [0.2, 0.25) is 0 Å². The van der Waals surface area contributed by atoms with Gasteiger partial charge in [0, 0.05) is 18.9 Å². The average Bonchev–Trinajstić information content (AvgIpc) is 2.69. The van der Waals surface area contributed by atoms with E-state index in [1.165, 1.54) is 0 Å². The number of halogens is 2. The van der Waals surface area contributed by atoms with Crippen molar-refractivity contribution in [1.29, 1.82) is 0 Å². The lowest BCUT2D eigenvalue weighted by Gasteiger charge is -2.33. The van der Waals surface area contributed by atoms with Crippen LogP contribution in [0.4, 0.5) is 5.69 Å². The zero-order chi connectivity index (χ0) is 22.1. The maximum atomic E-state index is 13.1. The van der Waals surface area contributed by atoms with Gasteiger partial charge in [-0.2, -0.15) is 0 Å². The van der Waals surface area contributed by atoms with E-state index in [0.29, 0.717) is 0 Å². The highest BCUT2D eigenvalue weighted by molar-refractivity contribution is 6.39. The van der Waals surface area contributed by atoms with Crippen molar-refractivity contribution < 1.29 is 29.0 Å². The molecule has 2 rings (SSSR count). The smallest absolute Gasteiger partial charge is 0.377 e. The fourth-order valence-corrected chi connectivity index (χ4v) is 3.01. The molecule has 0 aliphatic carbocycles. The molecule has 2 aromatic carbocycles. The maximum absolute atomic E-state index is 13.1. The van der Waals surface area contributed by atoms with E-state index in [-0.39, 0.29) is 40.9 Å². The molecule has 0 amide bonds. The Labute approximate surface area is 181 Å². The first-order valence-corrected chi connectivity index (χ1v) is 9.43. The van der Waals surface area contributed by atoms with Crippen LogP contribution in [-0.4, -0.2) is 30.2 Å². The molecule has 2 aromatic rings. The highest BCUT2D eigenvalue weighted by atomic mass is 35.5. The second-order valence-corrected chi connectivity index (χ2v) is 6.72. The van der Waals surface area contributed by atoms with E-state index in [1.807, 2.05) is 0 Å². The van der Waals surface area contributed by atoms with Gasteiger partial charge in [0.25, 0.3) is 5.09 Å². The quantitative estimate of drug-likeness (QED) is 0.187. The molecule has 0 aliphatic heterocycles. The molecule has 0 spiro atoms. The Kier molecular flexibility index (Phi) is 8.25. The van der Waals surface area contributed by atoms with Crippen LogP contribution >= 0.6 is 23.2 Å². The van der Waals surface area contributed by atoms with Gasteiger partial charge in [0.15, 0.2) is 0 Å². The van der Waals surface area contributed by atoms with Gasteiger partial charge in [-0.05, 0) is 12.1 Å². The summed E-state index contributed by atoms with van der Waals surface area (Å²) in [4.78, 5) is 39.4. The summed E-state index contributed by atoms with van der Waals surface area (Å²) in [5.41, 5.74) is -1.70. The van der Waals surface area contributed by atoms with Gasteiger partial charge in [-0.15, -0.1) is 10.1 Å². The normalized spacial score (nSPS) is 12.4. The highest BCUT2D eigenvalue weighted by Gasteiger charge is 2.46. The Hall–Kier alpha value is -3.04. The number of rotatable bonds is 10. The highest BCUT2D eigenvalue weighted by Crippen LogP contribution is 2.37. The zero-order valence-electron chi connectivity index (χ0n) is 15.8. The zero-order valence-corrected chi connectivity index (χ0v) is 17.3. The summed E-state index contributed by atoms with van der Waals surface area (Å²) in [5.74, 6) is -1.75. The van der Waals surface area contributed by atoms with E-state index in [1.54, 1.807) is 48.5 Å². The molecule has 0 saturated carbocycles. The molecule has 160 valence electrons. The molecule has 1 N–H and O–H groups in total. The number of ether oxygens (including phenoxy) is 2. The Balaban J connectivity index is 2.40. The number of nitrogens with one attached hydrogen (secondary N) is 1. The topological polar surface area (TPSA) is 117 Å². The van der Waals surface area contributed by atoms with Crippen LogP contribution in [-0.2, 0) is 29.6 Å². The van der Waals surface area contributed by atoms with Crippen LogP contribution in [0.1, 0.15) is 18.9 Å². The molecule has 0 aromatic heterocycles. The average molecular weight is 457 g/mol. The SMILES string of the molecule is CC(=O)OC(Nc1c(Cl)cccc1Cl)(C(=O)OCCCO[N+](=O)[O-])c1ccccc1. The molecule has 30 heavy (non-hydrogen) atoms. The number of anilines is 1. The van der Waals surface area contributed by atoms with Crippen molar-refractivity contribution in [2.45, 2.75) is 19.1 Å². The number of hydrogen-bond acceptors (Lipinski definition) is 8. The van der Waals surface area contributed by atoms with Crippen LogP contribution < -0.4 is 5.32 Å². The van der Waals surface area contributed by atoms with Gasteiger partial charge in [-0.25, -0.2) is 4.79 Å². The standard InChI is InChI=1S/C19H18Cl2N2O7/c1-13(24)30-19(14-7-3-2-4-8-14,18(25)28-11-6-12-29-23(26)27)22-17-15(20)9-5-10-16(17)21/h2-5,7-10,22H,6,11-12H2,1H3. The molecule has 0 fully saturated rings. The number of carbonyl (C=O) groups is 2. The van der Waals surface area contributed by atoms with E-state index in [4.69, 9.17) is 32.7 Å². The largest absolute Gasteiger partial charge is 0.461 e. The lowest BCUT2D eigenvalue weighted by molar-refractivity contribution is -0.757. The lowest BCUT2D eigenvalue weighted by Crippen LogP contribution is -2.48. The van der Waals surface area contributed by atoms with Gasteiger partial charge >= 0.3 is 17.7 Å². The van der Waals surface area contributed by atoms with Crippen LogP contribution in [0.5, 0.6) is 0 Å².